The lowest BCUT2D eigenvalue weighted by Gasteiger charge is -2.35. The van der Waals surface area contributed by atoms with Gasteiger partial charge < -0.3 is 29.3 Å². The Balaban J connectivity index is 0.000000604. The maximum atomic E-state index is 12.5. The Morgan fingerprint density at radius 3 is 1.76 bits per heavy atom. The van der Waals surface area contributed by atoms with Gasteiger partial charge in [-0.2, -0.15) is 0 Å². The van der Waals surface area contributed by atoms with Gasteiger partial charge in [-0.05, 0) is 23.3 Å². The van der Waals surface area contributed by atoms with Crippen molar-refractivity contribution in [2.24, 2.45) is 0 Å². The van der Waals surface area contributed by atoms with E-state index >= 15 is 0 Å². The van der Waals surface area contributed by atoms with Crippen LogP contribution in [-0.2, 0) is 27.3 Å². The van der Waals surface area contributed by atoms with Crippen molar-refractivity contribution in [3.05, 3.63) is 53.6 Å². The first-order valence-corrected chi connectivity index (χ1v) is 10.6. The Labute approximate surface area is 198 Å². The molecule has 1 amide bonds. The zero-order valence-corrected chi connectivity index (χ0v) is 19.5. The molecular weight excluding hydrogens is 444 g/mol. The molecule has 10 nitrogen and oxygen atoms in total. The fourth-order valence-electron chi connectivity index (χ4n) is 3.52. The number of carboxylic acids is 2. The molecule has 0 spiro atoms. The predicted molar refractivity (Wildman–Crippen MR) is 123 cm³/mol. The fraction of sp³-hybridized carbons (Fsp3) is 0.375. The summed E-state index contributed by atoms with van der Waals surface area (Å²) in [5.41, 5.74) is 2.16. The second-order valence-corrected chi connectivity index (χ2v) is 7.46. The Hall–Kier alpha value is -3.79. The van der Waals surface area contributed by atoms with Gasteiger partial charge in [0.15, 0.2) is 11.5 Å². The summed E-state index contributed by atoms with van der Waals surface area (Å²) in [6.07, 6.45) is 0.466. The number of carbonyl (C=O) groups is 3. The lowest BCUT2D eigenvalue weighted by Crippen LogP contribution is -2.48. The van der Waals surface area contributed by atoms with E-state index in [2.05, 4.69) is 4.90 Å². The number of carbonyl (C=O) groups excluding carboxylic acids is 1. The average molecular weight is 475 g/mol. The number of hydrogen-bond acceptors (Lipinski definition) is 7. The molecule has 34 heavy (non-hydrogen) atoms. The van der Waals surface area contributed by atoms with Crippen LogP contribution in [0.2, 0.25) is 0 Å². The molecule has 184 valence electrons. The van der Waals surface area contributed by atoms with Crippen LogP contribution in [0.5, 0.6) is 17.2 Å². The highest BCUT2D eigenvalue weighted by molar-refractivity contribution is 6.27. The molecule has 3 rings (SSSR count). The number of amides is 1. The lowest BCUT2D eigenvalue weighted by atomic mass is 10.1. The third-order valence-electron chi connectivity index (χ3n) is 5.24. The summed E-state index contributed by atoms with van der Waals surface area (Å²) in [7, 11) is 4.85. The highest BCUT2D eigenvalue weighted by atomic mass is 16.5. The molecule has 0 radical (unpaired) electrons. The van der Waals surface area contributed by atoms with Crippen LogP contribution in [0.4, 0.5) is 0 Å². The van der Waals surface area contributed by atoms with E-state index in [0.717, 1.165) is 43.9 Å². The molecule has 2 aromatic rings. The van der Waals surface area contributed by atoms with Gasteiger partial charge in [-0.1, -0.05) is 30.3 Å². The number of carboxylic acid groups (broad SMARTS) is 2. The van der Waals surface area contributed by atoms with Crippen molar-refractivity contribution in [3.63, 3.8) is 0 Å². The van der Waals surface area contributed by atoms with Gasteiger partial charge in [0.05, 0.1) is 27.8 Å². The first-order chi connectivity index (χ1) is 16.3. The molecule has 0 saturated carbocycles. The monoisotopic (exact) mass is 474 g/mol. The third kappa shape index (κ3) is 7.66. The molecule has 0 atom stereocenters. The second kappa shape index (κ2) is 13.0. The van der Waals surface area contributed by atoms with Crippen LogP contribution < -0.4 is 14.2 Å². The third-order valence-corrected chi connectivity index (χ3v) is 5.24. The van der Waals surface area contributed by atoms with Crippen LogP contribution in [0.3, 0.4) is 0 Å². The van der Waals surface area contributed by atoms with Crippen molar-refractivity contribution >= 4 is 17.8 Å². The molecule has 10 heteroatoms. The fourth-order valence-corrected chi connectivity index (χ4v) is 3.52. The molecule has 1 fully saturated rings. The average Bonchev–Trinajstić information content (AvgIpc) is 2.84. The van der Waals surface area contributed by atoms with Crippen molar-refractivity contribution in [1.29, 1.82) is 0 Å². The number of benzene rings is 2. The molecular formula is C24H30N2O8. The Kier molecular flexibility index (Phi) is 10.2. The van der Waals surface area contributed by atoms with Gasteiger partial charge in [-0.15, -0.1) is 0 Å². The van der Waals surface area contributed by atoms with Crippen molar-refractivity contribution in [3.8, 4) is 17.2 Å². The smallest absolute Gasteiger partial charge is 0.414 e. The number of piperazine rings is 1. The number of nitrogens with zero attached hydrogens (tertiary/aromatic N) is 2. The molecule has 2 aromatic carbocycles. The van der Waals surface area contributed by atoms with Crippen molar-refractivity contribution in [1.82, 2.24) is 9.80 Å². The first kappa shape index (κ1) is 26.5. The lowest BCUT2D eigenvalue weighted by molar-refractivity contribution is -0.159. The minimum atomic E-state index is -1.82. The summed E-state index contributed by atoms with van der Waals surface area (Å²) in [5.74, 6) is -1.53. The van der Waals surface area contributed by atoms with E-state index in [0.29, 0.717) is 23.7 Å². The number of aliphatic carboxylic acids is 2. The van der Waals surface area contributed by atoms with Crippen LogP contribution in [0, 0.1) is 0 Å². The summed E-state index contributed by atoms with van der Waals surface area (Å²) < 4.78 is 16.3. The van der Waals surface area contributed by atoms with Gasteiger partial charge in [-0.3, -0.25) is 9.69 Å². The Morgan fingerprint density at radius 1 is 0.794 bits per heavy atom. The molecule has 2 N–H and O–H groups in total. The highest BCUT2D eigenvalue weighted by Crippen LogP contribution is 2.38. The quantitative estimate of drug-likeness (QED) is 0.577. The number of ether oxygens (including phenoxy) is 3. The molecule has 0 aromatic heterocycles. The van der Waals surface area contributed by atoms with E-state index < -0.39 is 11.9 Å². The van der Waals surface area contributed by atoms with Gasteiger partial charge in [0.2, 0.25) is 11.7 Å². The standard InChI is InChI=1S/C22H28N2O4.C2H2O4/c1-26-19-13-18(14-20(27-2)22(19)28-3)16-23-9-11-24(12-10-23)21(25)15-17-7-5-4-6-8-17;3-1(4)2(5)6/h4-8,13-14H,9-12,15-16H2,1-3H3;(H,3,4)(H,5,6). The molecule has 0 bridgehead atoms. The van der Waals surface area contributed by atoms with Crippen LogP contribution >= 0.6 is 0 Å². The summed E-state index contributed by atoms with van der Waals surface area (Å²) in [6, 6.07) is 13.9. The summed E-state index contributed by atoms with van der Waals surface area (Å²) in [5, 5.41) is 14.8. The van der Waals surface area contributed by atoms with Crippen LogP contribution in [0.15, 0.2) is 42.5 Å². The molecule has 0 aliphatic carbocycles. The molecule has 1 heterocycles. The SMILES string of the molecule is COc1cc(CN2CCN(C(=O)Cc3ccccc3)CC2)cc(OC)c1OC.O=C(O)C(=O)O. The number of rotatable bonds is 7. The van der Waals surface area contributed by atoms with E-state index in [1.54, 1.807) is 21.3 Å². The van der Waals surface area contributed by atoms with Crippen LogP contribution in [0.25, 0.3) is 0 Å². The zero-order valence-electron chi connectivity index (χ0n) is 19.5. The Bertz CT molecular complexity index is 935. The number of methoxy groups -OCH3 is 3. The maximum Gasteiger partial charge on any atom is 0.414 e. The Morgan fingerprint density at radius 2 is 1.32 bits per heavy atom. The van der Waals surface area contributed by atoms with Gasteiger partial charge in [0.1, 0.15) is 0 Å². The van der Waals surface area contributed by atoms with Crippen molar-refractivity contribution in [2.75, 3.05) is 47.5 Å². The van der Waals surface area contributed by atoms with E-state index in [9.17, 15) is 4.79 Å². The first-order valence-electron chi connectivity index (χ1n) is 10.6. The van der Waals surface area contributed by atoms with Gasteiger partial charge in [0, 0.05) is 32.7 Å². The van der Waals surface area contributed by atoms with Crippen LogP contribution in [-0.4, -0.2) is 85.4 Å². The maximum absolute atomic E-state index is 12.5. The predicted octanol–water partition coefficient (Wildman–Crippen LogP) is 1.75. The summed E-state index contributed by atoms with van der Waals surface area (Å²) in [6.45, 7) is 3.96. The van der Waals surface area contributed by atoms with E-state index in [1.165, 1.54) is 0 Å². The van der Waals surface area contributed by atoms with E-state index in [4.69, 9.17) is 34.0 Å². The number of hydrogen-bond donors (Lipinski definition) is 2. The van der Waals surface area contributed by atoms with E-state index in [1.807, 2.05) is 47.4 Å². The van der Waals surface area contributed by atoms with Gasteiger partial charge >= 0.3 is 11.9 Å². The van der Waals surface area contributed by atoms with Crippen molar-refractivity contribution < 1.29 is 38.8 Å². The van der Waals surface area contributed by atoms with E-state index in [-0.39, 0.29) is 5.91 Å². The highest BCUT2D eigenvalue weighted by Gasteiger charge is 2.22. The minimum absolute atomic E-state index is 0.193. The minimum Gasteiger partial charge on any atom is -0.493 e. The van der Waals surface area contributed by atoms with Crippen LogP contribution in [0.1, 0.15) is 11.1 Å². The normalized spacial score (nSPS) is 13.3. The summed E-state index contributed by atoms with van der Waals surface area (Å²) in [4.78, 5) is 35.0. The topological polar surface area (TPSA) is 126 Å². The molecule has 0 unspecified atom stereocenters. The largest absolute Gasteiger partial charge is 0.493 e. The molecule has 1 aliphatic rings. The van der Waals surface area contributed by atoms with Gasteiger partial charge in [0.25, 0.3) is 0 Å². The second-order valence-electron chi connectivity index (χ2n) is 7.46. The van der Waals surface area contributed by atoms with Crippen molar-refractivity contribution in [2.45, 2.75) is 13.0 Å². The summed E-state index contributed by atoms with van der Waals surface area (Å²) >= 11 is 0. The molecule has 1 aliphatic heterocycles. The molecule has 1 saturated heterocycles. The van der Waals surface area contributed by atoms with Gasteiger partial charge in [-0.25, -0.2) is 9.59 Å². The zero-order chi connectivity index (χ0) is 25.1.